The molecule has 0 radical (unpaired) electrons. The Morgan fingerprint density at radius 3 is 2.76 bits per heavy atom. The number of benzene rings is 1. The lowest BCUT2D eigenvalue weighted by Gasteiger charge is -2.29. The number of para-hydroxylation sites is 1. The van der Waals surface area contributed by atoms with Gasteiger partial charge in [0, 0.05) is 49.1 Å². The number of fused-ring (bicyclic) bond motifs is 2. The molecule has 1 N–H and O–H groups in total. The maximum atomic E-state index is 9.04. The third-order valence-corrected chi connectivity index (χ3v) is 5.11. The second-order valence-electron chi connectivity index (χ2n) is 6.69. The first-order valence-electron chi connectivity index (χ1n) is 9.08. The summed E-state index contributed by atoms with van der Waals surface area (Å²) >= 11 is 0. The molecular weight excluding hydrogens is 312 g/mol. The predicted octanol–water partition coefficient (Wildman–Crippen LogP) is 3.25. The molecule has 2 aliphatic heterocycles. The molecule has 2 aromatic rings. The lowest BCUT2D eigenvalue weighted by Crippen LogP contribution is -2.32. The predicted molar refractivity (Wildman–Crippen MR) is 98.4 cm³/mol. The lowest BCUT2D eigenvalue weighted by atomic mass is 9.89. The van der Waals surface area contributed by atoms with Crippen LogP contribution >= 0.6 is 0 Å². The van der Waals surface area contributed by atoms with Crippen molar-refractivity contribution in [3.05, 3.63) is 65.0 Å². The van der Waals surface area contributed by atoms with Gasteiger partial charge < -0.3 is 14.7 Å². The quantitative estimate of drug-likeness (QED) is 0.934. The van der Waals surface area contributed by atoms with Crippen LogP contribution in [-0.2, 0) is 6.61 Å². The number of pyridine rings is 1. The number of aliphatic hydroxyl groups excluding tert-OH is 1. The summed E-state index contributed by atoms with van der Waals surface area (Å²) in [6.07, 6.45) is 4.83. The zero-order chi connectivity index (χ0) is 17.1. The van der Waals surface area contributed by atoms with Gasteiger partial charge in [0.25, 0.3) is 0 Å². The number of aromatic nitrogens is 1. The minimum atomic E-state index is 0.270. The Kier molecular flexibility index (Phi) is 4.81. The largest absolute Gasteiger partial charge is 0.488 e. The van der Waals surface area contributed by atoms with Crippen molar-refractivity contribution in [3.63, 3.8) is 0 Å². The summed E-state index contributed by atoms with van der Waals surface area (Å²) in [4.78, 5) is 7.16. The van der Waals surface area contributed by atoms with Crippen molar-refractivity contribution < 1.29 is 9.84 Å². The summed E-state index contributed by atoms with van der Waals surface area (Å²) in [5.74, 6) is 0.950. The molecule has 0 bridgehead atoms. The maximum Gasteiger partial charge on any atom is 0.127 e. The number of ether oxygens (including phenoxy) is 1. The fourth-order valence-corrected chi connectivity index (χ4v) is 3.81. The van der Waals surface area contributed by atoms with E-state index in [0.29, 0.717) is 6.61 Å². The molecule has 0 amide bonds. The monoisotopic (exact) mass is 336 g/mol. The van der Waals surface area contributed by atoms with Gasteiger partial charge in [0.1, 0.15) is 12.4 Å². The van der Waals surface area contributed by atoms with Gasteiger partial charge in [-0.1, -0.05) is 29.8 Å². The molecule has 1 aromatic heterocycles. The van der Waals surface area contributed by atoms with Gasteiger partial charge in [0.15, 0.2) is 0 Å². The molecule has 1 aromatic carbocycles. The highest BCUT2D eigenvalue weighted by molar-refractivity contribution is 5.85. The minimum absolute atomic E-state index is 0.270. The van der Waals surface area contributed by atoms with Gasteiger partial charge in [-0.05, 0) is 31.4 Å². The molecule has 130 valence electrons. The van der Waals surface area contributed by atoms with Crippen LogP contribution in [0.25, 0.3) is 5.57 Å². The SMILES string of the molecule is OCCCN1CCC(=C2c3ccccc3OCc3cccnc32)CC1. The second kappa shape index (κ2) is 7.38. The number of aliphatic hydroxyl groups is 1. The topological polar surface area (TPSA) is 45.6 Å². The van der Waals surface area contributed by atoms with Crippen molar-refractivity contribution >= 4 is 5.57 Å². The molecule has 4 nitrogen and oxygen atoms in total. The van der Waals surface area contributed by atoms with E-state index in [-0.39, 0.29) is 6.61 Å². The van der Waals surface area contributed by atoms with E-state index in [1.54, 1.807) is 0 Å². The Labute approximate surface area is 148 Å². The first kappa shape index (κ1) is 16.3. The molecule has 4 rings (SSSR count). The molecule has 0 spiro atoms. The highest BCUT2D eigenvalue weighted by atomic mass is 16.5. The van der Waals surface area contributed by atoms with E-state index in [2.05, 4.69) is 29.2 Å². The Morgan fingerprint density at radius 1 is 1.08 bits per heavy atom. The molecule has 0 atom stereocenters. The van der Waals surface area contributed by atoms with Crippen LogP contribution in [0.1, 0.15) is 36.1 Å². The first-order chi connectivity index (χ1) is 12.4. The third kappa shape index (κ3) is 3.32. The third-order valence-electron chi connectivity index (χ3n) is 5.11. The van der Waals surface area contributed by atoms with Crippen LogP contribution in [-0.4, -0.2) is 41.2 Å². The summed E-state index contributed by atoms with van der Waals surface area (Å²) in [6, 6.07) is 12.4. The summed E-state index contributed by atoms with van der Waals surface area (Å²) in [5.41, 5.74) is 6.14. The highest BCUT2D eigenvalue weighted by Crippen LogP contribution is 2.39. The highest BCUT2D eigenvalue weighted by Gasteiger charge is 2.25. The lowest BCUT2D eigenvalue weighted by molar-refractivity contribution is 0.215. The maximum absolute atomic E-state index is 9.04. The van der Waals surface area contributed by atoms with Gasteiger partial charge in [0.2, 0.25) is 0 Å². The van der Waals surface area contributed by atoms with Crippen LogP contribution in [0.3, 0.4) is 0 Å². The molecule has 0 unspecified atom stereocenters. The number of hydrogen-bond donors (Lipinski definition) is 1. The molecule has 2 aliphatic rings. The van der Waals surface area contributed by atoms with E-state index < -0.39 is 0 Å². The van der Waals surface area contributed by atoms with Gasteiger partial charge in [-0.3, -0.25) is 4.98 Å². The summed E-state index contributed by atoms with van der Waals surface area (Å²) in [7, 11) is 0. The van der Waals surface area contributed by atoms with E-state index in [1.165, 1.54) is 16.7 Å². The number of piperidine rings is 1. The molecule has 3 heterocycles. The molecule has 4 heteroatoms. The van der Waals surface area contributed by atoms with Gasteiger partial charge in [-0.15, -0.1) is 0 Å². The van der Waals surface area contributed by atoms with E-state index in [9.17, 15) is 0 Å². The molecule has 1 fully saturated rings. The molecule has 0 aliphatic carbocycles. The van der Waals surface area contributed by atoms with Crippen molar-refractivity contribution in [1.29, 1.82) is 0 Å². The fourth-order valence-electron chi connectivity index (χ4n) is 3.81. The van der Waals surface area contributed by atoms with Crippen LogP contribution in [0.4, 0.5) is 0 Å². The average molecular weight is 336 g/mol. The van der Waals surface area contributed by atoms with Crippen molar-refractivity contribution in [2.24, 2.45) is 0 Å². The Balaban J connectivity index is 1.73. The van der Waals surface area contributed by atoms with Gasteiger partial charge in [0.05, 0.1) is 5.69 Å². The van der Waals surface area contributed by atoms with Crippen LogP contribution in [0.5, 0.6) is 5.75 Å². The number of likely N-dealkylation sites (tertiary alicyclic amines) is 1. The molecule has 25 heavy (non-hydrogen) atoms. The van der Waals surface area contributed by atoms with Crippen LogP contribution in [0.15, 0.2) is 48.2 Å². The summed E-state index contributed by atoms with van der Waals surface area (Å²) in [5, 5.41) is 9.04. The number of hydrogen-bond acceptors (Lipinski definition) is 4. The molecular formula is C21H24N2O2. The zero-order valence-corrected chi connectivity index (χ0v) is 14.4. The van der Waals surface area contributed by atoms with Crippen molar-refractivity contribution in [1.82, 2.24) is 9.88 Å². The zero-order valence-electron chi connectivity index (χ0n) is 14.4. The summed E-state index contributed by atoms with van der Waals surface area (Å²) < 4.78 is 6.06. The van der Waals surface area contributed by atoms with Crippen molar-refractivity contribution in [2.75, 3.05) is 26.2 Å². The standard InChI is InChI=1S/C21H24N2O2/c24-14-4-11-23-12-8-16(9-13-23)20-18-6-1-2-7-19(18)25-15-17-5-3-10-22-21(17)20/h1-3,5-7,10,24H,4,8-9,11-15H2. The van der Waals surface area contributed by atoms with Crippen molar-refractivity contribution in [3.8, 4) is 5.75 Å². The first-order valence-corrected chi connectivity index (χ1v) is 9.08. The van der Waals surface area contributed by atoms with Gasteiger partial charge >= 0.3 is 0 Å². The average Bonchev–Trinajstić information content (AvgIpc) is 2.84. The molecule has 1 saturated heterocycles. The van der Waals surface area contributed by atoms with Gasteiger partial charge in [-0.2, -0.15) is 0 Å². The van der Waals surface area contributed by atoms with E-state index >= 15 is 0 Å². The van der Waals surface area contributed by atoms with Crippen LogP contribution in [0, 0.1) is 0 Å². The number of nitrogens with zero attached hydrogens (tertiary/aromatic N) is 2. The second-order valence-corrected chi connectivity index (χ2v) is 6.69. The molecule has 0 saturated carbocycles. The Morgan fingerprint density at radius 2 is 1.92 bits per heavy atom. The smallest absolute Gasteiger partial charge is 0.127 e. The Hall–Kier alpha value is -2.17. The normalized spacial score (nSPS) is 17.5. The fraction of sp³-hybridized carbons (Fsp3) is 0.381. The van der Waals surface area contributed by atoms with Crippen LogP contribution in [0.2, 0.25) is 0 Å². The van der Waals surface area contributed by atoms with E-state index in [1.807, 2.05) is 18.3 Å². The minimum Gasteiger partial charge on any atom is -0.488 e. The van der Waals surface area contributed by atoms with E-state index in [4.69, 9.17) is 14.8 Å². The Bertz CT molecular complexity index is 725. The van der Waals surface area contributed by atoms with Crippen LogP contribution < -0.4 is 4.74 Å². The van der Waals surface area contributed by atoms with E-state index in [0.717, 1.165) is 55.9 Å². The van der Waals surface area contributed by atoms with Crippen molar-refractivity contribution in [2.45, 2.75) is 25.9 Å². The van der Waals surface area contributed by atoms with Gasteiger partial charge in [-0.25, -0.2) is 0 Å². The summed E-state index contributed by atoms with van der Waals surface area (Å²) in [6.45, 7) is 3.91. The number of rotatable bonds is 3.